The lowest BCUT2D eigenvalue weighted by atomic mass is 10.2. The Morgan fingerprint density at radius 1 is 1.58 bits per heavy atom. The summed E-state index contributed by atoms with van der Waals surface area (Å²) in [6.07, 6.45) is 0. The van der Waals surface area contributed by atoms with Crippen LogP contribution in [0, 0.1) is 0 Å². The van der Waals surface area contributed by atoms with Crippen molar-refractivity contribution in [1.29, 1.82) is 0 Å². The quantitative estimate of drug-likeness (QED) is 0.596. The fraction of sp³-hybridized carbons (Fsp3) is 0.143. The van der Waals surface area contributed by atoms with E-state index in [9.17, 15) is 9.59 Å². The molecule has 0 bridgehead atoms. The highest BCUT2D eigenvalue weighted by molar-refractivity contribution is 5.97. The van der Waals surface area contributed by atoms with Gasteiger partial charge in [-0.15, -0.1) is 0 Å². The van der Waals surface area contributed by atoms with Crippen molar-refractivity contribution in [2.75, 3.05) is 12.8 Å². The molecule has 0 saturated heterocycles. The first-order chi connectivity index (χ1) is 5.65. The number of nitrogen functional groups attached to an aromatic ring is 1. The molecule has 5 heteroatoms. The molecular formula is C7H8N2O3. The smallest absolute Gasteiger partial charge is 0.337 e. The van der Waals surface area contributed by atoms with E-state index in [0.29, 0.717) is 0 Å². The number of rotatable bonds is 1. The van der Waals surface area contributed by atoms with E-state index < -0.39 is 5.63 Å². The van der Waals surface area contributed by atoms with Gasteiger partial charge in [0.25, 0.3) is 5.91 Å². The maximum absolute atomic E-state index is 11.0. The van der Waals surface area contributed by atoms with E-state index in [2.05, 4.69) is 9.73 Å². The second kappa shape index (κ2) is 3.08. The zero-order valence-corrected chi connectivity index (χ0v) is 6.46. The number of hydrogen-bond donors (Lipinski definition) is 2. The molecule has 1 heterocycles. The van der Waals surface area contributed by atoms with Gasteiger partial charge in [-0.3, -0.25) is 4.79 Å². The lowest BCUT2D eigenvalue weighted by Gasteiger charge is -1.99. The first-order valence-corrected chi connectivity index (χ1v) is 3.27. The van der Waals surface area contributed by atoms with E-state index in [0.717, 1.165) is 6.07 Å². The van der Waals surface area contributed by atoms with Crippen LogP contribution in [0.25, 0.3) is 0 Å². The predicted octanol–water partition coefficient (Wildman–Crippen LogP) is -0.418. The monoisotopic (exact) mass is 168 g/mol. The number of anilines is 1. The number of nitrogens with one attached hydrogen (secondary N) is 1. The fourth-order valence-electron chi connectivity index (χ4n) is 0.753. The molecule has 0 atom stereocenters. The minimum absolute atomic E-state index is 0.164. The van der Waals surface area contributed by atoms with Gasteiger partial charge in [-0.2, -0.15) is 0 Å². The second-order valence-corrected chi connectivity index (χ2v) is 2.11. The molecule has 64 valence electrons. The molecule has 0 aliphatic rings. The Kier molecular flexibility index (Phi) is 2.14. The summed E-state index contributed by atoms with van der Waals surface area (Å²) in [4.78, 5) is 21.6. The summed E-state index contributed by atoms with van der Waals surface area (Å²) in [5.41, 5.74) is 4.87. The van der Waals surface area contributed by atoms with Crippen molar-refractivity contribution in [3.63, 3.8) is 0 Å². The molecule has 1 aromatic heterocycles. The minimum Gasteiger partial charge on any atom is -0.406 e. The first-order valence-electron chi connectivity index (χ1n) is 3.27. The van der Waals surface area contributed by atoms with Gasteiger partial charge in [0, 0.05) is 13.1 Å². The molecule has 1 amide bonds. The number of hydrogen-bond acceptors (Lipinski definition) is 4. The zero-order chi connectivity index (χ0) is 9.14. The molecule has 0 spiro atoms. The Balaban J connectivity index is 3.18. The summed E-state index contributed by atoms with van der Waals surface area (Å²) < 4.78 is 4.49. The molecule has 0 radical (unpaired) electrons. The van der Waals surface area contributed by atoms with Crippen LogP contribution in [-0.2, 0) is 0 Å². The van der Waals surface area contributed by atoms with Crippen molar-refractivity contribution in [2.24, 2.45) is 0 Å². The van der Waals surface area contributed by atoms with Gasteiger partial charge in [-0.05, 0) is 6.07 Å². The maximum atomic E-state index is 11.0. The summed E-state index contributed by atoms with van der Waals surface area (Å²) in [5, 5.41) is 2.36. The second-order valence-electron chi connectivity index (χ2n) is 2.11. The van der Waals surface area contributed by atoms with Gasteiger partial charge in [0.05, 0.1) is 5.56 Å². The van der Waals surface area contributed by atoms with Gasteiger partial charge < -0.3 is 15.5 Å². The SMILES string of the molecule is CNC(=O)c1ccc(=O)oc1N. The average molecular weight is 168 g/mol. The van der Waals surface area contributed by atoms with Crippen LogP contribution < -0.4 is 16.7 Å². The maximum Gasteiger partial charge on any atom is 0.337 e. The normalized spacial score (nSPS) is 9.42. The van der Waals surface area contributed by atoms with Crippen LogP contribution in [0.4, 0.5) is 5.88 Å². The highest BCUT2D eigenvalue weighted by Gasteiger charge is 2.08. The molecule has 3 N–H and O–H groups in total. The topological polar surface area (TPSA) is 85.3 Å². The van der Waals surface area contributed by atoms with Crippen molar-refractivity contribution in [3.8, 4) is 0 Å². The van der Waals surface area contributed by atoms with E-state index in [-0.39, 0.29) is 17.4 Å². The molecule has 0 saturated carbocycles. The van der Waals surface area contributed by atoms with E-state index in [1.54, 1.807) is 0 Å². The van der Waals surface area contributed by atoms with Crippen LogP contribution in [0.3, 0.4) is 0 Å². The van der Waals surface area contributed by atoms with Crippen molar-refractivity contribution in [3.05, 3.63) is 28.1 Å². The third-order valence-electron chi connectivity index (χ3n) is 1.33. The minimum atomic E-state index is -0.569. The standard InChI is InChI=1S/C7H8N2O3/c1-9-7(11)4-2-3-5(10)12-6(4)8/h2-3H,8H2,1H3,(H,9,11). The van der Waals surface area contributed by atoms with E-state index in [1.807, 2.05) is 0 Å². The third-order valence-corrected chi connectivity index (χ3v) is 1.33. The highest BCUT2D eigenvalue weighted by Crippen LogP contribution is 2.06. The summed E-state index contributed by atoms with van der Waals surface area (Å²) in [5.74, 6) is -0.543. The van der Waals surface area contributed by atoms with Crippen molar-refractivity contribution >= 4 is 11.8 Å². The molecule has 12 heavy (non-hydrogen) atoms. The molecule has 0 fully saturated rings. The van der Waals surface area contributed by atoms with Gasteiger partial charge in [0.2, 0.25) is 5.88 Å². The Morgan fingerprint density at radius 2 is 2.25 bits per heavy atom. The molecule has 5 nitrogen and oxygen atoms in total. The van der Waals surface area contributed by atoms with Gasteiger partial charge in [0.1, 0.15) is 0 Å². The van der Waals surface area contributed by atoms with Crippen LogP contribution in [0.15, 0.2) is 21.3 Å². The zero-order valence-electron chi connectivity index (χ0n) is 6.46. The number of nitrogens with two attached hydrogens (primary N) is 1. The Labute approximate surface area is 68.2 Å². The largest absolute Gasteiger partial charge is 0.406 e. The van der Waals surface area contributed by atoms with E-state index in [1.165, 1.54) is 13.1 Å². The fourth-order valence-corrected chi connectivity index (χ4v) is 0.753. The number of amides is 1. The lowest BCUT2D eigenvalue weighted by molar-refractivity contribution is 0.0962. The van der Waals surface area contributed by atoms with Crippen LogP contribution in [0.5, 0.6) is 0 Å². The molecule has 0 aromatic carbocycles. The van der Waals surface area contributed by atoms with Crippen molar-refractivity contribution in [1.82, 2.24) is 5.32 Å². The van der Waals surface area contributed by atoms with Gasteiger partial charge >= 0.3 is 5.63 Å². The van der Waals surface area contributed by atoms with Crippen LogP contribution in [0.1, 0.15) is 10.4 Å². The number of carbonyl (C=O) groups excluding carboxylic acids is 1. The summed E-state index contributed by atoms with van der Waals surface area (Å²) >= 11 is 0. The molecule has 1 aromatic rings. The van der Waals surface area contributed by atoms with Gasteiger partial charge in [-0.1, -0.05) is 0 Å². The summed E-state index contributed by atoms with van der Waals surface area (Å²) in [6.45, 7) is 0. The summed E-state index contributed by atoms with van der Waals surface area (Å²) in [7, 11) is 1.47. The van der Waals surface area contributed by atoms with Crippen LogP contribution in [0.2, 0.25) is 0 Å². The highest BCUT2D eigenvalue weighted by atomic mass is 16.4. The average Bonchev–Trinajstić information content (AvgIpc) is 2.03. The van der Waals surface area contributed by atoms with Gasteiger partial charge in [0.15, 0.2) is 0 Å². The van der Waals surface area contributed by atoms with Gasteiger partial charge in [-0.25, -0.2) is 4.79 Å². The predicted molar refractivity (Wildman–Crippen MR) is 42.8 cm³/mol. The third kappa shape index (κ3) is 1.45. The molecule has 1 rings (SSSR count). The number of carbonyl (C=O) groups is 1. The first kappa shape index (κ1) is 8.32. The Hall–Kier alpha value is -1.78. The Morgan fingerprint density at radius 3 is 2.75 bits per heavy atom. The van der Waals surface area contributed by atoms with Crippen molar-refractivity contribution in [2.45, 2.75) is 0 Å². The van der Waals surface area contributed by atoms with Crippen molar-refractivity contribution < 1.29 is 9.21 Å². The molecule has 0 aliphatic carbocycles. The molecule has 0 unspecified atom stereocenters. The molecule has 0 aliphatic heterocycles. The summed E-state index contributed by atoms with van der Waals surface area (Å²) in [6, 6.07) is 2.46. The van der Waals surface area contributed by atoms with E-state index >= 15 is 0 Å². The van der Waals surface area contributed by atoms with Crippen LogP contribution in [-0.4, -0.2) is 13.0 Å². The Bertz CT molecular complexity index is 356. The lowest BCUT2D eigenvalue weighted by Crippen LogP contribution is -2.20. The molecular weight excluding hydrogens is 160 g/mol. The van der Waals surface area contributed by atoms with E-state index in [4.69, 9.17) is 5.73 Å². The van der Waals surface area contributed by atoms with Crippen LogP contribution >= 0.6 is 0 Å².